The summed E-state index contributed by atoms with van der Waals surface area (Å²) in [6, 6.07) is 48.8. The van der Waals surface area contributed by atoms with E-state index in [1.807, 2.05) is 24.3 Å². The molecular formula is C43H26N2OU. The molecule has 3 nitrogen and oxygen atoms in total. The molecule has 0 atom stereocenters. The van der Waals surface area contributed by atoms with Crippen LogP contribution >= 0.6 is 0 Å². The Balaban J connectivity index is 0.00000324. The van der Waals surface area contributed by atoms with Gasteiger partial charge in [0.2, 0.25) is 0 Å². The summed E-state index contributed by atoms with van der Waals surface area (Å²) in [4.78, 5) is 0. The van der Waals surface area contributed by atoms with Crippen LogP contribution < -0.4 is 0 Å². The number of allylic oxidation sites excluding steroid dienone is 4. The zero-order chi connectivity index (χ0) is 30.6. The molecule has 0 spiro atoms. The predicted octanol–water partition coefficient (Wildman–Crippen LogP) is 11.2. The fraction of sp³-hybridized carbons (Fsp3) is 0.0465. The third kappa shape index (κ3) is 4.87. The molecular weight excluding hydrogens is 799 g/mol. The molecule has 0 saturated heterocycles. The fourth-order valence-electron chi connectivity index (χ4n) is 6.94. The van der Waals surface area contributed by atoms with Crippen LogP contribution in [-0.4, -0.2) is 4.57 Å². The molecule has 0 N–H and O–H groups in total. The summed E-state index contributed by atoms with van der Waals surface area (Å²) < 4.78 is 8.81. The van der Waals surface area contributed by atoms with Gasteiger partial charge in [0, 0.05) is 21.7 Å². The topological polar surface area (TPSA) is 41.9 Å². The van der Waals surface area contributed by atoms with E-state index in [-0.39, 0.29) is 31.1 Å². The minimum Gasteiger partial charge on any atom is -0.510 e. The summed E-state index contributed by atoms with van der Waals surface area (Å²) in [5.74, 6) is 0. The second-order valence-corrected chi connectivity index (χ2v) is 11.8. The number of hydrogen-bond donors (Lipinski definition) is 0. The minimum atomic E-state index is 0. The van der Waals surface area contributed by atoms with Crippen LogP contribution in [0, 0.1) is 54.6 Å². The Morgan fingerprint density at radius 2 is 1.49 bits per heavy atom. The Bertz CT molecular complexity index is 2560. The monoisotopic (exact) mass is 824 g/mol. The summed E-state index contributed by atoms with van der Waals surface area (Å²) >= 11 is 0. The third-order valence-electron chi connectivity index (χ3n) is 9.09. The maximum Gasteiger partial charge on any atom is 2.00 e. The zero-order valence-corrected chi connectivity index (χ0v) is 29.6. The van der Waals surface area contributed by atoms with E-state index in [0.29, 0.717) is 5.56 Å². The van der Waals surface area contributed by atoms with Crippen molar-refractivity contribution in [3.8, 4) is 34.0 Å². The molecule has 0 bridgehead atoms. The van der Waals surface area contributed by atoms with Crippen LogP contribution in [0.1, 0.15) is 24.0 Å². The average Bonchev–Trinajstić information content (AvgIpc) is 3.67. The molecule has 2 heterocycles. The van der Waals surface area contributed by atoms with Crippen molar-refractivity contribution in [1.29, 1.82) is 5.26 Å². The molecule has 0 amide bonds. The van der Waals surface area contributed by atoms with Gasteiger partial charge in [-0.15, -0.1) is 17.7 Å². The van der Waals surface area contributed by atoms with Crippen molar-refractivity contribution in [1.82, 2.24) is 4.57 Å². The Kier molecular flexibility index (Phi) is 7.46. The van der Waals surface area contributed by atoms with Gasteiger partial charge in [0.1, 0.15) is 5.58 Å². The van der Waals surface area contributed by atoms with Gasteiger partial charge < -0.3 is 8.98 Å². The Hall–Kier alpha value is -5.06. The molecule has 0 aliphatic heterocycles. The van der Waals surface area contributed by atoms with Crippen LogP contribution in [0.5, 0.6) is 0 Å². The number of para-hydroxylation sites is 2. The number of nitriles is 1. The Morgan fingerprint density at radius 3 is 2.26 bits per heavy atom. The molecule has 0 radical (unpaired) electrons. The average molecular weight is 825 g/mol. The molecule has 9 rings (SSSR count). The number of furan rings is 1. The van der Waals surface area contributed by atoms with Crippen LogP contribution in [0.2, 0.25) is 0 Å². The van der Waals surface area contributed by atoms with Crippen LogP contribution in [-0.2, 0) is 0 Å². The van der Waals surface area contributed by atoms with E-state index < -0.39 is 0 Å². The first-order valence-corrected chi connectivity index (χ1v) is 15.6. The molecule has 1 aliphatic rings. The van der Waals surface area contributed by atoms with Crippen molar-refractivity contribution >= 4 is 49.3 Å². The first-order valence-electron chi connectivity index (χ1n) is 15.6. The van der Waals surface area contributed by atoms with Crippen molar-refractivity contribution in [3.63, 3.8) is 0 Å². The quantitative estimate of drug-likeness (QED) is 0.166. The molecule has 0 unspecified atom stereocenters. The summed E-state index contributed by atoms with van der Waals surface area (Å²) in [6.07, 6.45) is 8.91. The Morgan fingerprint density at radius 1 is 0.702 bits per heavy atom. The summed E-state index contributed by atoms with van der Waals surface area (Å²) in [6.45, 7) is 0. The fourth-order valence-corrected chi connectivity index (χ4v) is 6.94. The van der Waals surface area contributed by atoms with Crippen molar-refractivity contribution in [2.75, 3.05) is 0 Å². The SMILES string of the molecule is N#Cc1ccc(-n2c3ccccc3c3ccccc32)c(-c2cc[c-]c(-c3[c-]ccc4c3oc3ccc(C5=CCCC=C5)cc34)c2)c1.[U+2]. The van der Waals surface area contributed by atoms with Crippen LogP contribution in [0.25, 0.3) is 77.3 Å². The van der Waals surface area contributed by atoms with Gasteiger partial charge >= 0.3 is 31.1 Å². The summed E-state index contributed by atoms with van der Waals surface area (Å²) in [7, 11) is 0. The van der Waals surface area contributed by atoms with E-state index in [0.717, 1.165) is 73.8 Å². The molecule has 218 valence electrons. The van der Waals surface area contributed by atoms with Gasteiger partial charge in [0.25, 0.3) is 0 Å². The summed E-state index contributed by atoms with van der Waals surface area (Å²) in [5, 5.41) is 14.4. The van der Waals surface area contributed by atoms with Gasteiger partial charge in [-0.3, -0.25) is 0 Å². The number of nitrogens with zero attached hydrogens (tertiary/aromatic N) is 2. The normalized spacial score (nSPS) is 12.8. The van der Waals surface area contributed by atoms with Gasteiger partial charge in [0.15, 0.2) is 0 Å². The summed E-state index contributed by atoms with van der Waals surface area (Å²) in [5.41, 5.74) is 11.7. The van der Waals surface area contributed by atoms with Gasteiger partial charge in [-0.05, 0) is 72.0 Å². The van der Waals surface area contributed by atoms with E-state index in [9.17, 15) is 5.26 Å². The second-order valence-electron chi connectivity index (χ2n) is 11.8. The first kappa shape index (κ1) is 29.4. The molecule has 8 aromatic rings. The zero-order valence-electron chi connectivity index (χ0n) is 25.4. The van der Waals surface area contributed by atoms with Crippen LogP contribution in [0.15, 0.2) is 138 Å². The molecule has 2 aromatic heterocycles. The van der Waals surface area contributed by atoms with Gasteiger partial charge in [-0.25, -0.2) is 5.56 Å². The number of hydrogen-bond acceptors (Lipinski definition) is 2. The van der Waals surface area contributed by atoms with Gasteiger partial charge in [0.05, 0.1) is 28.4 Å². The van der Waals surface area contributed by atoms with Crippen LogP contribution in [0.3, 0.4) is 0 Å². The number of fused-ring (bicyclic) bond motifs is 6. The first-order chi connectivity index (χ1) is 22.8. The molecule has 1 aliphatic carbocycles. The molecule has 47 heavy (non-hydrogen) atoms. The number of benzene rings is 6. The van der Waals surface area contributed by atoms with Gasteiger partial charge in [-0.1, -0.05) is 66.1 Å². The van der Waals surface area contributed by atoms with E-state index in [4.69, 9.17) is 4.42 Å². The van der Waals surface area contributed by atoms with Crippen LogP contribution in [0.4, 0.5) is 0 Å². The van der Waals surface area contributed by atoms with Gasteiger partial charge in [-0.2, -0.15) is 41.2 Å². The molecule has 0 fully saturated rings. The Labute approximate surface area is 296 Å². The number of aromatic nitrogens is 1. The molecule has 6 aromatic carbocycles. The van der Waals surface area contributed by atoms with E-state index in [1.54, 1.807) is 0 Å². The van der Waals surface area contributed by atoms with E-state index >= 15 is 0 Å². The van der Waals surface area contributed by atoms with E-state index in [2.05, 4.69) is 132 Å². The van der Waals surface area contributed by atoms with Crippen molar-refractivity contribution in [2.24, 2.45) is 0 Å². The maximum atomic E-state index is 9.91. The van der Waals surface area contributed by atoms with Crippen molar-refractivity contribution < 1.29 is 35.5 Å². The second kappa shape index (κ2) is 11.9. The molecule has 4 heteroatoms. The van der Waals surface area contributed by atoms with Crippen molar-refractivity contribution in [2.45, 2.75) is 12.8 Å². The standard InChI is InChI=1S/C43H26N2O.U/c44-27-28-20-22-41(45-39-18-6-4-14-34(39)35-15-5-7-19-40(35)45)37(24-28)32-13-8-12-31(25-32)33-16-9-17-36-38-26-30(29-10-2-1-3-11-29)21-23-42(38)46-43(33)36;/h2,4-11,13-15,17-26H,1,3H2;/q-2;+2. The maximum absolute atomic E-state index is 9.91. The number of rotatable bonds is 4. The minimum absolute atomic E-state index is 0. The van der Waals surface area contributed by atoms with E-state index in [1.165, 1.54) is 21.9 Å². The molecule has 0 saturated carbocycles. The predicted molar refractivity (Wildman–Crippen MR) is 188 cm³/mol. The third-order valence-corrected chi connectivity index (χ3v) is 9.09. The smallest absolute Gasteiger partial charge is 0.510 e. The van der Waals surface area contributed by atoms with Crippen molar-refractivity contribution in [3.05, 3.63) is 157 Å². The largest absolute Gasteiger partial charge is 2.00 e.